The Morgan fingerprint density at radius 3 is 2.28 bits per heavy atom. The van der Waals surface area contributed by atoms with Gasteiger partial charge in [0, 0.05) is 24.1 Å². The van der Waals surface area contributed by atoms with E-state index < -0.39 is 41.1 Å². The van der Waals surface area contributed by atoms with Gasteiger partial charge < -0.3 is 19.5 Å². The molecule has 1 heterocycles. The number of ether oxygens (including phenoxy) is 3. The number of nitrogens with zero attached hydrogens (tertiary/aromatic N) is 1. The molecule has 8 nitrogen and oxygen atoms in total. The molecule has 0 unspecified atom stereocenters. The van der Waals surface area contributed by atoms with Crippen molar-refractivity contribution in [3.05, 3.63) is 83.2 Å². The first-order valence-electron chi connectivity index (χ1n) is 11.9. The van der Waals surface area contributed by atoms with Crippen molar-refractivity contribution in [1.82, 2.24) is 10.3 Å². The van der Waals surface area contributed by atoms with Crippen LogP contribution in [0.25, 0.3) is 0 Å². The Bertz CT molecular complexity index is 1350. The summed E-state index contributed by atoms with van der Waals surface area (Å²) < 4.78 is 43.2. The average molecular weight is 559 g/mol. The Morgan fingerprint density at radius 1 is 1.00 bits per heavy atom. The lowest BCUT2D eigenvalue weighted by Gasteiger charge is -2.27. The van der Waals surface area contributed by atoms with Crippen molar-refractivity contribution in [2.24, 2.45) is 0 Å². The standard InChI is InChI=1S/C28H28F2N2O6S/c1-15-14-20(30)8-11-22(15)26(39-21-9-6-19(29)7-10-21)17(3)37-28(35)16(2)32-27(34)24-25(38-18(4)33)23(36-5)12-13-31-24/h6-14,16-17,26H,1-5H3,(H,32,34)/t16-,17-,26-/m0/s1. The maximum absolute atomic E-state index is 13.8. The molecule has 0 aliphatic carbocycles. The highest BCUT2D eigenvalue weighted by atomic mass is 32.2. The Morgan fingerprint density at radius 2 is 1.67 bits per heavy atom. The van der Waals surface area contributed by atoms with Gasteiger partial charge in [-0.1, -0.05) is 6.07 Å². The number of nitrogens with one attached hydrogen (secondary N) is 1. The summed E-state index contributed by atoms with van der Waals surface area (Å²) >= 11 is 1.33. The van der Waals surface area contributed by atoms with Crippen LogP contribution in [-0.2, 0) is 14.3 Å². The van der Waals surface area contributed by atoms with Crippen LogP contribution in [0, 0.1) is 18.6 Å². The average Bonchev–Trinajstić information content (AvgIpc) is 2.88. The topological polar surface area (TPSA) is 104 Å². The van der Waals surface area contributed by atoms with E-state index in [0.29, 0.717) is 5.56 Å². The lowest BCUT2D eigenvalue weighted by atomic mass is 10.0. The van der Waals surface area contributed by atoms with Gasteiger partial charge in [0.15, 0.2) is 11.4 Å². The normalized spacial score (nSPS) is 13.1. The summed E-state index contributed by atoms with van der Waals surface area (Å²) in [6.45, 7) is 6.03. The second-order valence-corrected chi connectivity index (χ2v) is 9.83. The van der Waals surface area contributed by atoms with Gasteiger partial charge in [0.2, 0.25) is 5.75 Å². The maximum Gasteiger partial charge on any atom is 0.328 e. The summed E-state index contributed by atoms with van der Waals surface area (Å²) in [4.78, 5) is 42.1. The minimum absolute atomic E-state index is 0.115. The lowest BCUT2D eigenvalue weighted by molar-refractivity contribution is -0.150. The SMILES string of the molecule is COc1ccnc(C(=O)N[C@@H](C)C(=O)O[C@@H](C)[C@H](Sc2ccc(F)cc2)c2ccc(F)cc2C)c1OC(C)=O. The van der Waals surface area contributed by atoms with Crippen molar-refractivity contribution in [1.29, 1.82) is 0 Å². The predicted octanol–water partition coefficient (Wildman–Crippen LogP) is 5.19. The van der Waals surface area contributed by atoms with Gasteiger partial charge in [0.05, 0.1) is 12.4 Å². The maximum atomic E-state index is 13.8. The summed E-state index contributed by atoms with van der Waals surface area (Å²) in [6.07, 6.45) is 0.566. The molecule has 2 aromatic carbocycles. The number of benzene rings is 2. The number of pyridine rings is 1. The molecule has 39 heavy (non-hydrogen) atoms. The molecular formula is C28H28F2N2O6S. The second-order valence-electron chi connectivity index (χ2n) is 8.62. The number of aromatic nitrogens is 1. The fourth-order valence-corrected chi connectivity index (χ4v) is 4.92. The van der Waals surface area contributed by atoms with Crippen LogP contribution < -0.4 is 14.8 Å². The van der Waals surface area contributed by atoms with Gasteiger partial charge in [0.25, 0.3) is 5.91 Å². The number of halogens is 2. The molecule has 3 atom stereocenters. The first kappa shape index (κ1) is 29.6. The van der Waals surface area contributed by atoms with Crippen LogP contribution in [0.4, 0.5) is 8.78 Å². The van der Waals surface area contributed by atoms with E-state index in [1.807, 2.05) is 0 Å². The molecule has 0 saturated heterocycles. The third-order valence-electron chi connectivity index (χ3n) is 5.59. The Hall–Kier alpha value is -3.99. The highest BCUT2D eigenvalue weighted by Gasteiger charge is 2.29. The summed E-state index contributed by atoms with van der Waals surface area (Å²) in [7, 11) is 1.34. The van der Waals surface area contributed by atoms with E-state index >= 15 is 0 Å². The number of carbonyl (C=O) groups is 3. The largest absolute Gasteiger partial charge is 0.493 e. The minimum atomic E-state index is -1.11. The van der Waals surface area contributed by atoms with E-state index in [4.69, 9.17) is 14.2 Å². The molecule has 0 bridgehead atoms. The van der Waals surface area contributed by atoms with Gasteiger partial charge in [-0.15, -0.1) is 11.8 Å². The predicted molar refractivity (Wildman–Crippen MR) is 141 cm³/mol. The van der Waals surface area contributed by atoms with Gasteiger partial charge in [-0.05, 0) is 68.3 Å². The zero-order valence-electron chi connectivity index (χ0n) is 22.0. The van der Waals surface area contributed by atoms with Crippen LogP contribution in [0.5, 0.6) is 11.5 Å². The lowest BCUT2D eigenvalue weighted by Crippen LogP contribution is -2.41. The van der Waals surface area contributed by atoms with Crippen molar-refractivity contribution >= 4 is 29.6 Å². The van der Waals surface area contributed by atoms with E-state index in [-0.39, 0.29) is 23.0 Å². The third-order valence-corrected chi connectivity index (χ3v) is 7.03. The fourth-order valence-electron chi connectivity index (χ4n) is 3.70. The van der Waals surface area contributed by atoms with Crippen LogP contribution in [0.1, 0.15) is 47.6 Å². The van der Waals surface area contributed by atoms with Gasteiger partial charge in [0.1, 0.15) is 23.8 Å². The molecular weight excluding hydrogens is 530 g/mol. The van der Waals surface area contributed by atoms with Crippen LogP contribution >= 0.6 is 11.8 Å². The molecule has 0 aliphatic rings. The molecule has 1 N–H and O–H groups in total. The molecule has 0 saturated carbocycles. The molecule has 0 aliphatic heterocycles. The molecule has 206 valence electrons. The smallest absolute Gasteiger partial charge is 0.328 e. The Balaban J connectivity index is 1.78. The summed E-state index contributed by atoms with van der Waals surface area (Å²) in [5.74, 6) is -3.06. The van der Waals surface area contributed by atoms with Gasteiger partial charge >= 0.3 is 11.9 Å². The fraction of sp³-hybridized carbons (Fsp3) is 0.286. The number of hydrogen-bond acceptors (Lipinski definition) is 8. The minimum Gasteiger partial charge on any atom is -0.493 e. The van der Waals surface area contributed by atoms with Crippen molar-refractivity contribution in [3.8, 4) is 11.5 Å². The van der Waals surface area contributed by atoms with Crippen LogP contribution in [0.3, 0.4) is 0 Å². The quantitative estimate of drug-likeness (QED) is 0.268. The molecule has 11 heteroatoms. The van der Waals surface area contributed by atoms with Crippen LogP contribution in [0.15, 0.2) is 59.6 Å². The van der Waals surface area contributed by atoms with Gasteiger partial charge in [-0.2, -0.15) is 0 Å². The molecule has 0 fully saturated rings. The van der Waals surface area contributed by atoms with Gasteiger partial charge in [-0.25, -0.2) is 18.6 Å². The molecule has 1 amide bonds. The van der Waals surface area contributed by atoms with Gasteiger partial charge in [-0.3, -0.25) is 9.59 Å². The highest BCUT2D eigenvalue weighted by molar-refractivity contribution is 7.99. The number of hydrogen-bond donors (Lipinski definition) is 1. The summed E-state index contributed by atoms with van der Waals surface area (Å²) in [6, 6.07) is 10.5. The number of carbonyl (C=O) groups excluding carboxylic acids is 3. The number of rotatable bonds is 10. The Kier molecular flexibility index (Phi) is 10.00. The highest BCUT2D eigenvalue weighted by Crippen LogP contribution is 2.40. The third kappa shape index (κ3) is 7.76. The van der Waals surface area contributed by atoms with Crippen molar-refractivity contribution in [2.75, 3.05) is 7.11 Å². The Labute approximate surface area is 229 Å². The molecule has 3 aromatic rings. The summed E-state index contributed by atoms with van der Waals surface area (Å²) in [5.41, 5.74) is 1.14. The zero-order chi connectivity index (χ0) is 28.7. The van der Waals surface area contributed by atoms with E-state index in [9.17, 15) is 23.2 Å². The first-order valence-corrected chi connectivity index (χ1v) is 12.8. The number of amides is 1. The van der Waals surface area contributed by atoms with Crippen LogP contribution in [0.2, 0.25) is 0 Å². The van der Waals surface area contributed by atoms with E-state index in [1.54, 1.807) is 32.0 Å². The first-order chi connectivity index (χ1) is 18.5. The number of methoxy groups -OCH3 is 1. The van der Waals surface area contributed by atoms with Crippen LogP contribution in [-0.4, -0.2) is 42.1 Å². The number of esters is 2. The van der Waals surface area contributed by atoms with E-state index in [1.165, 1.54) is 69.2 Å². The molecule has 0 radical (unpaired) electrons. The van der Waals surface area contributed by atoms with E-state index in [0.717, 1.165) is 10.5 Å². The second kappa shape index (κ2) is 13.2. The zero-order valence-corrected chi connectivity index (χ0v) is 22.8. The molecule has 1 aromatic heterocycles. The van der Waals surface area contributed by atoms with Crippen molar-refractivity contribution < 1.29 is 37.4 Å². The van der Waals surface area contributed by atoms with E-state index in [2.05, 4.69) is 10.3 Å². The molecule has 3 rings (SSSR count). The molecule has 0 spiro atoms. The van der Waals surface area contributed by atoms with Crippen molar-refractivity contribution in [3.63, 3.8) is 0 Å². The monoisotopic (exact) mass is 558 g/mol. The summed E-state index contributed by atoms with van der Waals surface area (Å²) in [5, 5.41) is 2.03. The number of aryl methyl sites for hydroxylation is 1. The number of thioether (sulfide) groups is 1. The van der Waals surface area contributed by atoms with Crippen molar-refractivity contribution in [2.45, 2.75) is 50.0 Å².